The van der Waals surface area contributed by atoms with Crippen molar-refractivity contribution in [2.45, 2.75) is 119 Å². The van der Waals surface area contributed by atoms with Gasteiger partial charge in [0.05, 0.1) is 0 Å². The maximum atomic E-state index is 2.62. The van der Waals surface area contributed by atoms with Crippen LogP contribution in [0.3, 0.4) is 0 Å². The van der Waals surface area contributed by atoms with E-state index in [4.69, 9.17) is 0 Å². The molecule has 3 saturated carbocycles. The molecule has 0 heteroatoms. The second-order valence-corrected chi connectivity index (χ2v) is 10.2. The standard InChI is InChI=1S/C22H40.C2H6/c1-17-13-16-22(4)15-8-10-20(22)19(17)12-11-18-9-6-5-7-14-21(18,2)3;1-2/h17-20H,5-16H2,1-4H3;1-2H3/t17?,18?,19?,20?,22-;/m0./s1. The summed E-state index contributed by atoms with van der Waals surface area (Å²) in [5.74, 6) is 4.09. The molecule has 3 aliphatic rings. The van der Waals surface area contributed by atoms with E-state index in [0.717, 1.165) is 29.1 Å². The summed E-state index contributed by atoms with van der Waals surface area (Å²) < 4.78 is 0. The van der Waals surface area contributed by atoms with Crippen molar-refractivity contribution in [3.8, 4) is 0 Å². The van der Waals surface area contributed by atoms with E-state index in [1.54, 1.807) is 6.42 Å². The van der Waals surface area contributed by atoms with Gasteiger partial charge in [0.1, 0.15) is 0 Å². The van der Waals surface area contributed by atoms with Crippen molar-refractivity contribution in [2.75, 3.05) is 0 Å². The van der Waals surface area contributed by atoms with Crippen molar-refractivity contribution in [1.29, 1.82) is 0 Å². The summed E-state index contributed by atoms with van der Waals surface area (Å²) in [5, 5.41) is 0. The minimum absolute atomic E-state index is 0.605. The lowest BCUT2D eigenvalue weighted by Crippen LogP contribution is -2.38. The molecular weight excluding hydrogens is 288 g/mol. The van der Waals surface area contributed by atoms with E-state index in [0.29, 0.717) is 5.41 Å². The molecule has 0 spiro atoms. The van der Waals surface area contributed by atoms with Gasteiger partial charge in [0.2, 0.25) is 0 Å². The van der Waals surface area contributed by atoms with Crippen LogP contribution >= 0.6 is 0 Å². The largest absolute Gasteiger partial charge is 0.0683 e. The zero-order chi connectivity index (χ0) is 17.8. The zero-order valence-electron chi connectivity index (χ0n) is 17.8. The smallest absolute Gasteiger partial charge is 0.0295 e. The Morgan fingerprint density at radius 1 is 0.750 bits per heavy atom. The minimum atomic E-state index is 0.605. The molecule has 3 rings (SSSR count). The molecule has 0 aliphatic heterocycles. The van der Waals surface area contributed by atoms with Crippen LogP contribution in [0.2, 0.25) is 0 Å². The van der Waals surface area contributed by atoms with Crippen molar-refractivity contribution in [2.24, 2.45) is 34.5 Å². The van der Waals surface area contributed by atoms with Crippen LogP contribution in [0.5, 0.6) is 0 Å². The third-order valence-electron chi connectivity index (χ3n) is 8.40. The van der Waals surface area contributed by atoms with E-state index in [1.807, 2.05) is 13.8 Å². The first-order valence-corrected chi connectivity index (χ1v) is 11.4. The molecule has 24 heavy (non-hydrogen) atoms. The first-order chi connectivity index (χ1) is 11.4. The second kappa shape index (κ2) is 8.59. The van der Waals surface area contributed by atoms with Crippen LogP contribution in [-0.2, 0) is 0 Å². The first-order valence-electron chi connectivity index (χ1n) is 11.4. The third kappa shape index (κ3) is 4.39. The van der Waals surface area contributed by atoms with Crippen LogP contribution < -0.4 is 0 Å². The van der Waals surface area contributed by atoms with Gasteiger partial charge in [-0.25, -0.2) is 0 Å². The van der Waals surface area contributed by atoms with Gasteiger partial charge in [-0.15, -0.1) is 0 Å². The molecule has 5 atom stereocenters. The first kappa shape index (κ1) is 20.3. The Bertz CT molecular complexity index is 368. The maximum Gasteiger partial charge on any atom is -0.0295 e. The molecule has 0 nitrogen and oxygen atoms in total. The van der Waals surface area contributed by atoms with Gasteiger partial charge < -0.3 is 0 Å². The molecule has 0 aromatic carbocycles. The lowest BCUT2D eigenvalue weighted by Gasteiger charge is -2.46. The Morgan fingerprint density at radius 3 is 2.25 bits per heavy atom. The van der Waals surface area contributed by atoms with Crippen LogP contribution in [0.15, 0.2) is 0 Å². The summed E-state index contributed by atoms with van der Waals surface area (Å²) in [4.78, 5) is 0. The fourth-order valence-electron chi connectivity index (χ4n) is 6.63. The van der Waals surface area contributed by atoms with E-state index in [2.05, 4.69) is 27.7 Å². The Balaban J connectivity index is 0.00000100. The molecule has 0 aromatic rings. The molecule has 0 bridgehead atoms. The highest BCUT2D eigenvalue weighted by molar-refractivity contribution is 4.97. The van der Waals surface area contributed by atoms with Crippen molar-refractivity contribution in [3.05, 3.63) is 0 Å². The molecule has 0 aromatic heterocycles. The van der Waals surface area contributed by atoms with Gasteiger partial charge in [-0.3, -0.25) is 0 Å². The summed E-state index contributed by atoms with van der Waals surface area (Å²) in [7, 11) is 0. The van der Waals surface area contributed by atoms with Crippen LogP contribution in [0.1, 0.15) is 119 Å². The summed E-state index contributed by atoms with van der Waals surface area (Å²) >= 11 is 0. The van der Waals surface area contributed by atoms with Crippen molar-refractivity contribution in [1.82, 2.24) is 0 Å². The van der Waals surface area contributed by atoms with Gasteiger partial charge in [0.15, 0.2) is 0 Å². The summed E-state index contributed by atoms with van der Waals surface area (Å²) in [6, 6.07) is 0. The van der Waals surface area contributed by atoms with Crippen molar-refractivity contribution < 1.29 is 0 Å². The van der Waals surface area contributed by atoms with E-state index >= 15 is 0 Å². The summed E-state index contributed by atoms with van der Waals surface area (Å²) in [6.07, 6.45) is 18.1. The van der Waals surface area contributed by atoms with Gasteiger partial charge in [-0.05, 0) is 85.9 Å². The maximum absolute atomic E-state index is 2.62. The fraction of sp³-hybridized carbons (Fsp3) is 1.00. The van der Waals surface area contributed by atoms with Gasteiger partial charge >= 0.3 is 0 Å². The number of rotatable bonds is 3. The number of hydrogen-bond donors (Lipinski definition) is 0. The Hall–Kier alpha value is 0. The highest BCUT2D eigenvalue weighted by Gasteiger charge is 2.47. The topological polar surface area (TPSA) is 0 Å². The highest BCUT2D eigenvalue weighted by atomic mass is 14.5. The van der Waals surface area contributed by atoms with Crippen LogP contribution in [0, 0.1) is 34.5 Å². The predicted molar refractivity (Wildman–Crippen MR) is 108 cm³/mol. The third-order valence-corrected chi connectivity index (χ3v) is 8.40. The van der Waals surface area contributed by atoms with Crippen LogP contribution in [-0.4, -0.2) is 0 Å². The van der Waals surface area contributed by atoms with Crippen LogP contribution in [0.4, 0.5) is 0 Å². The molecule has 4 unspecified atom stereocenters. The monoisotopic (exact) mass is 334 g/mol. The molecule has 3 aliphatic carbocycles. The van der Waals surface area contributed by atoms with E-state index in [1.165, 1.54) is 70.6 Å². The number of fused-ring (bicyclic) bond motifs is 1. The molecule has 142 valence electrons. The molecule has 0 heterocycles. The quantitative estimate of drug-likeness (QED) is 0.456. The minimum Gasteiger partial charge on any atom is -0.0683 e. The predicted octanol–water partition coefficient (Wildman–Crippen LogP) is 8.25. The molecule has 0 saturated heterocycles. The average molecular weight is 335 g/mol. The zero-order valence-corrected chi connectivity index (χ0v) is 17.8. The van der Waals surface area contributed by atoms with Gasteiger partial charge in [-0.1, -0.05) is 67.2 Å². The van der Waals surface area contributed by atoms with Crippen LogP contribution in [0.25, 0.3) is 0 Å². The van der Waals surface area contributed by atoms with E-state index in [-0.39, 0.29) is 0 Å². The highest BCUT2D eigenvalue weighted by Crippen LogP contribution is 2.57. The molecule has 3 fully saturated rings. The summed E-state index contributed by atoms with van der Waals surface area (Å²) in [6.45, 7) is 14.3. The number of hydrogen-bond acceptors (Lipinski definition) is 0. The fourth-order valence-corrected chi connectivity index (χ4v) is 6.63. The second-order valence-electron chi connectivity index (χ2n) is 10.2. The molecule has 0 radical (unpaired) electrons. The van der Waals surface area contributed by atoms with Crippen molar-refractivity contribution >= 4 is 0 Å². The lowest BCUT2D eigenvalue weighted by molar-refractivity contribution is 0.0333. The molecule has 0 amide bonds. The Kier molecular flexibility index (Phi) is 7.27. The Labute approximate surface area is 153 Å². The normalized spacial score (nSPS) is 41.8. The van der Waals surface area contributed by atoms with E-state index < -0.39 is 0 Å². The SMILES string of the molecule is CC.CC1CC[C@]2(C)CCCC2C1CCC1CCCCCC1(C)C. The summed E-state index contributed by atoms with van der Waals surface area (Å²) in [5.41, 5.74) is 1.32. The molecular formula is C24H46. The lowest BCUT2D eigenvalue weighted by atomic mass is 9.59. The molecule has 0 N–H and O–H groups in total. The van der Waals surface area contributed by atoms with Gasteiger partial charge in [0.25, 0.3) is 0 Å². The van der Waals surface area contributed by atoms with Gasteiger partial charge in [-0.2, -0.15) is 0 Å². The van der Waals surface area contributed by atoms with Gasteiger partial charge in [0, 0.05) is 0 Å². The van der Waals surface area contributed by atoms with Crippen molar-refractivity contribution in [3.63, 3.8) is 0 Å². The average Bonchev–Trinajstić information content (AvgIpc) is 2.86. The Morgan fingerprint density at radius 2 is 1.50 bits per heavy atom. The van der Waals surface area contributed by atoms with E-state index in [9.17, 15) is 0 Å².